The van der Waals surface area contributed by atoms with Crippen LogP contribution >= 0.6 is 0 Å². The van der Waals surface area contributed by atoms with Gasteiger partial charge < -0.3 is 0 Å². The fraction of sp³-hybridized carbons (Fsp3) is 0.0816. The summed E-state index contributed by atoms with van der Waals surface area (Å²) >= 11 is 0. The van der Waals surface area contributed by atoms with Crippen LogP contribution in [0.1, 0.15) is 47.2 Å². The van der Waals surface area contributed by atoms with E-state index >= 15 is 0 Å². The molecule has 0 bridgehead atoms. The van der Waals surface area contributed by atoms with Crippen molar-refractivity contribution in [1.29, 1.82) is 0 Å². The summed E-state index contributed by atoms with van der Waals surface area (Å²) in [7, 11) is 0. The molecular weight excluding hydrogens is 631 g/mol. The lowest BCUT2D eigenvalue weighted by molar-refractivity contribution is 0.659. The first-order valence-electron chi connectivity index (χ1n) is 18.0. The van der Waals surface area contributed by atoms with E-state index in [0.29, 0.717) is 17.5 Å². The van der Waals surface area contributed by atoms with Crippen LogP contribution in [0.5, 0.6) is 0 Å². The summed E-state index contributed by atoms with van der Waals surface area (Å²) in [6.45, 7) is 4.69. The van der Waals surface area contributed by atoms with Gasteiger partial charge in [-0.25, -0.2) is 15.0 Å². The molecule has 52 heavy (non-hydrogen) atoms. The Labute approximate surface area is 304 Å². The Morgan fingerprint density at radius 2 is 0.808 bits per heavy atom. The minimum atomic E-state index is -0.572. The molecule has 2 aliphatic rings. The zero-order valence-electron chi connectivity index (χ0n) is 29.1. The summed E-state index contributed by atoms with van der Waals surface area (Å²) in [5.41, 5.74) is 15.1. The van der Waals surface area contributed by atoms with E-state index in [-0.39, 0.29) is 5.41 Å². The summed E-state index contributed by atoms with van der Waals surface area (Å²) in [5.74, 6) is 1.96. The Hall–Kier alpha value is -6.45. The molecule has 1 atom stereocenters. The van der Waals surface area contributed by atoms with Gasteiger partial charge in [0, 0.05) is 22.1 Å². The lowest BCUT2D eigenvalue weighted by Crippen LogP contribution is -2.29. The normalized spacial score (nSPS) is 16.1. The minimum absolute atomic E-state index is 0.0748. The predicted octanol–water partition coefficient (Wildman–Crippen LogP) is 11.5. The van der Waals surface area contributed by atoms with E-state index in [4.69, 9.17) is 15.0 Å². The molecule has 3 nitrogen and oxygen atoms in total. The number of rotatable bonds is 5. The van der Waals surface area contributed by atoms with Crippen LogP contribution in [-0.2, 0) is 10.8 Å². The molecule has 1 heterocycles. The molecule has 0 N–H and O–H groups in total. The smallest absolute Gasteiger partial charge is 0.164 e. The van der Waals surface area contributed by atoms with Crippen molar-refractivity contribution in [3.8, 4) is 56.4 Å². The maximum Gasteiger partial charge on any atom is 0.164 e. The third-order valence-electron chi connectivity index (χ3n) is 11.2. The van der Waals surface area contributed by atoms with E-state index in [1.165, 1.54) is 55.6 Å². The van der Waals surface area contributed by atoms with Crippen molar-refractivity contribution in [1.82, 2.24) is 15.0 Å². The van der Waals surface area contributed by atoms with Crippen LogP contribution in [-0.4, -0.2) is 15.0 Å². The first-order valence-corrected chi connectivity index (χ1v) is 18.0. The van der Waals surface area contributed by atoms with E-state index in [9.17, 15) is 0 Å². The van der Waals surface area contributed by atoms with Crippen LogP contribution in [0.15, 0.2) is 176 Å². The van der Waals surface area contributed by atoms with Crippen molar-refractivity contribution in [3.05, 3.63) is 209 Å². The highest BCUT2D eigenvalue weighted by Crippen LogP contribution is 2.58. The molecule has 0 aliphatic heterocycles. The molecule has 0 spiro atoms. The van der Waals surface area contributed by atoms with Crippen molar-refractivity contribution in [2.45, 2.75) is 24.7 Å². The summed E-state index contributed by atoms with van der Waals surface area (Å²) in [4.78, 5) is 15.2. The Morgan fingerprint density at radius 3 is 1.44 bits per heavy atom. The highest BCUT2D eigenvalue weighted by atomic mass is 15.0. The number of hydrogen-bond acceptors (Lipinski definition) is 3. The van der Waals surface area contributed by atoms with E-state index in [1.807, 2.05) is 36.4 Å². The lowest BCUT2D eigenvalue weighted by atomic mass is 9.67. The molecule has 0 fully saturated rings. The van der Waals surface area contributed by atoms with Gasteiger partial charge in [0.25, 0.3) is 0 Å². The molecule has 8 aromatic rings. The van der Waals surface area contributed by atoms with Crippen molar-refractivity contribution in [3.63, 3.8) is 0 Å². The Kier molecular flexibility index (Phi) is 6.74. The molecule has 1 aromatic heterocycles. The molecule has 0 saturated heterocycles. The van der Waals surface area contributed by atoms with E-state index < -0.39 is 5.41 Å². The third kappa shape index (κ3) is 4.42. The molecule has 0 saturated carbocycles. The van der Waals surface area contributed by atoms with Crippen molar-refractivity contribution >= 4 is 0 Å². The second kappa shape index (κ2) is 11.5. The SMILES string of the molecule is CC1(C)c2ccccc2-c2cc(C3(c4ccccc4)c4ccccc4-c4ccc(-c5nc(-c6ccccc6)nc(-c6ccccc6)n5)cc43)ccc21. The van der Waals surface area contributed by atoms with E-state index in [0.717, 1.165) is 16.7 Å². The number of nitrogens with zero attached hydrogens (tertiary/aromatic N) is 3. The molecule has 246 valence electrons. The average molecular weight is 666 g/mol. The van der Waals surface area contributed by atoms with Crippen LogP contribution in [0.2, 0.25) is 0 Å². The van der Waals surface area contributed by atoms with Gasteiger partial charge in [-0.1, -0.05) is 178 Å². The number of fused-ring (bicyclic) bond motifs is 6. The third-order valence-corrected chi connectivity index (χ3v) is 11.2. The van der Waals surface area contributed by atoms with E-state index in [1.54, 1.807) is 0 Å². The van der Waals surface area contributed by atoms with Gasteiger partial charge >= 0.3 is 0 Å². The Balaban J connectivity index is 1.25. The second-order valence-corrected chi connectivity index (χ2v) is 14.4. The fourth-order valence-corrected chi connectivity index (χ4v) is 8.79. The molecule has 1 unspecified atom stereocenters. The monoisotopic (exact) mass is 665 g/mol. The second-order valence-electron chi connectivity index (χ2n) is 14.4. The summed E-state index contributed by atoms with van der Waals surface area (Å²) < 4.78 is 0. The van der Waals surface area contributed by atoms with Gasteiger partial charge in [-0.15, -0.1) is 0 Å². The topological polar surface area (TPSA) is 38.7 Å². The zero-order chi connectivity index (χ0) is 34.9. The van der Waals surface area contributed by atoms with Gasteiger partial charge in [0.1, 0.15) is 0 Å². The van der Waals surface area contributed by atoms with Crippen LogP contribution in [0.4, 0.5) is 0 Å². The Morgan fingerprint density at radius 1 is 0.327 bits per heavy atom. The first kappa shape index (κ1) is 30.4. The van der Waals surface area contributed by atoms with Crippen molar-refractivity contribution in [2.24, 2.45) is 0 Å². The largest absolute Gasteiger partial charge is 0.208 e. The van der Waals surface area contributed by atoms with Gasteiger partial charge in [-0.3, -0.25) is 0 Å². The molecule has 0 amide bonds. The number of aromatic nitrogens is 3. The van der Waals surface area contributed by atoms with E-state index in [2.05, 4.69) is 153 Å². The molecule has 2 aliphatic carbocycles. The van der Waals surface area contributed by atoms with Gasteiger partial charge in [-0.2, -0.15) is 0 Å². The summed E-state index contributed by atoms with van der Waals surface area (Å²) in [5, 5.41) is 0. The van der Waals surface area contributed by atoms with Gasteiger partial charge in [-0.05, 0) is 67.8 Å². The average Bonchev–Trinajstić information content (AvgIpc) is 3.64. The van der Waals surface area contributed by atoms with Gasteiger partial charge in [0.2, 0.25) is 0 Å². The summed E-state index contributed by atoms with van der Waals surface area (Å²) in [6, 6.07) is 63.2. The molecule has 10 rings (SSSR count). The van der Waals surface area contributed by atoms with Gasteiger partial charge in [0.15, 0.2) is 17.5 Å². The highest BCUT2D eigenvalue weighted by Gasteiger charge is 2.47. The van der Waals surface area contributed by atoms with Crippen molar-refractivity contribution < 1.29 is 0 Å². The minimum Gasteiger partial charge on any atom is -0.208 e. The maximum atomic E-state index is 5.13. The number of benzene rings is 7. The number of hydrogen-bond donors (Lipinski definition) is 0. The predicted molar refractivity (Wildman–Crippen MR) is 211 cm³/mol. The van der Waals surface area contributed by atoms with Crippen LogP contribution in [0.3, 0.4) is 0 Å². The first-order chi connectivity index (χ1) is 25.5. The van der Waals surface area contributed by atoms with Crippen LogP contribution in [0, 0.1) is 0 Å². The molecular formula is C49H35N3. The zero-order valence-corrected chi connectivity index (χ0v) is 29.1. The fourth-order valence-electron chi connectivity index (χ4n) is 8.79. The van der Waals surface area contributed by atoms with Crippen molar-refractivity contribution in [2.75, 3.05) is 0 Å². The van der Waals surface area contributed by atoms with Crippen LogP contribution < -0.4 is 0 Å². The molecule has 7 aromatic carbocycles. The maximum absolute atomic E-state index is 5.13. The highest BCUT2D eigenvalue weighted by molar-refractivity contribution is 5.89. The lowest BCUT2D eigenvalue weighted by Gasteiger charge is -2.34. The van der Waals surface area contributed by atoms with Crippen LogP contribution in [0.25, 0.3) is 56.4 Å². The Bertz CT molecular complexity index is 2590. The standard InChI is InChI=1S/C49H35N3/c1-48(2)41-24-14-12-23-38(41)40-31-36(27-29-42(40)48)49(35-20-10-5-11-21-35)43-25-15-13-22-37(43)39-28-26-34(30-44(39)49)47-51-45(32-16-6-3-7-17-32)50-46(52-47)33-18-8-4-9-19-33/h3-31H,1-2H3. The summed E-state index contributed by atoms with van der Waals surface area (Å²) in [6.07, 6.45) is 0. The quantitative estimate of drug-likeness (QED) is 0.184. The molecule has 3 heteroatoms. The van der Waals surface area contributed by atoms with Gasteiger partial charge in [0.05, 0.1) is 5.41 Å². The molecule has 0 radical (unpaired) electrons.